The molecule has 2 bridgehead atoms. The van der Waals surface area contributed by atoms with Gasteiger partial charge in [-0.25, -0.2) is 13.2 Å². The molecule has 44 heavy (non-hydrogen) atoms. The molecule has 9 rings (SSSR count). The Bertz CT molecular complexity index is 1780. The maximum atomic E-state index is 16.8. The molecule has 5 fully saturated rings. The molecule has 7 heterocycles. The third-order valence-corrected chi connectivity index (χ3v) is 10.1. The predicted molar refractivity (Wildman–Crippen MR) is 160 cm³/mol. The molecular formula is C33H34F3N5O3. The van der Waals surface area contributed by atoms with Crippen LogP contribution in [-0.4, -0.2) is 81.7 Å². The summed E-state index contributed by atoms with van der Waals surface area (Å²) in [6, 6.07) is 5.98. The average Bonchev–Trinajstić information content (AvgIpc) is 3.56. The van der Waals surface area contributed by atoms with E-state index in [0.29, 0.717) is 60.1 Å². The molecule has 0 amide bonds. The lowest BCUT2D eigenvalue weighted by molar-refractivity contribution is -0.0228. The van der Waals surface area contributed by atoms with Crippen LogP contribution in [0.25, 0.3) is 32.9 Å². The quantitative estimate of drug-likeness (QED) is 0.299. The van der Waals surface area contributed by atoms with E-state index in [2.05, 4.69) is 19.8 Å². The van der Waals surface area contributed by atoms with Crippen molar-refractivity contribution in [1.29, 1.82) is 0 Å². The number of hydrogen-bond donors (Lipinski definition) is 1. The van der Waals surface area contributed by atoms with Crippen molar-refractivity contribution in [3.8, 4) is 23.0 Å². The van der Waals surface area contributed by atoms with E-state index < -0.39 is 23.3 Å². The van der Waals surface area contributed by atoms with Crippen LogP contribution in [0.2, 0.25) is 0 Å². The Balaban J connectivity index is 1.28. The maximum absolute atomic E-state index is 16.8. The van der Waals surface area contributed by atoms with Gasteiger partial charge in [0.15, 0.2) is 5.82 Å². The van der Waals surface area contributed by atoms with Crippen LogP contribution in [-0.2, 0) is 11.2 Å². The first-order chi connectivity index (χ1) is 21.3. The third-order valence-electron chi connectivity index (χ3n) is 10.1. The zero-order chi connectivity index (χ0) is 30.2. The van der Waals surface area contributed by atoms with E-state index >= 15 is 4.39 Å². The molecule has 1 N–H and O–H groups in total. The molecule has 0 spiro atoms. The molecule has 230 valence electrons. The second kappa shape index (κ2) is 10.4. The Morgan fingerprint density at radius 3 is 2.82 bits per heavy atom. The Labute approximate surface area is 252 Å². The zero-order valence-electron chi connectivity index (χ0n) is 24.5. The number of benzene rings is 2. The molecule has 5 saturated heterocycles. The van der Waals surface area contributed by atoms with Crippen LogP contribution in [0.3, 0.4) is 0 Å². The minimum absolute atomic E-state index is 0.0236. The summed E-state index contributed by atoms with van der Waals surface area (Å²) in [4.78, 5) is 18.2. The molecular weight excluding hydrogens is 571 g/mol. The molecule has 4 aromatic rings. The number of rotatable bonds is 6. The Morgan fingerprint density at radius 2 is 2.05 bits per heavy atom. The second-order valence-electron chi connectivity index (χ2n) is 12.7. The molecule has 2 aromatic carbocycles. The number of aromatic nitrogens is 3. The third kappa shape index (κ3) is 4.38. The fourth-order valence-electron chi connectivity index (χ4n) is 7.98. The fourth-order valence-corrected chi connectivity index (χ4v) is 7.98. The maximum Gasteiger partial charge on any atom is 0.319 e. The summed E-state index contributed by atoms with van der Waals surface area (Å²) >= 11 is 0. The van der Waals surface area contributed by atoms with E-state index in [1.807, 2.05) is 6.92 Å². The van der Waals surface area contributed by atoms with Gasteiger partial charge in [-0.3, -0.25) is 9.88 Å². The molecule has 0 aliphatic carbocycles. The number of halogens is 3. The minimum Gasteiger partial charge on any atom is -0.508 e. The molecule has 5 aliphatic heterocycles. The van der Waals surface area contributed by atoms with Gasteiger partial charge in [-0.05, 0) is 73.2 Å². The molecule has 5 aliphatic rings. The van der Waals surface area contributed by atoms with Gasteiger partial charge in [0.25, 0.3) is 0 Å². The Morgan fingerprint density at radius 1 is 1.16 bits per heavy atom. The highest BCUT2D eigenvalue weighted by Crippen LogP contribution is 2.42. The second-order valence-corrected chi connectivity index (χ2v) is 12.7. The molecule has 11 heteroatoms. The number of aromatic hydroxyl groups is 1. The molecule has 0 radical (unpaired) electrons. The van der Waals surface area contributed by atoms with Gasteiger partial charge < -0.3 is 19.5 Å². The number of alkyl halides is 1. The summed E-state index contributed by atoms with van der Waals surface area (Å²) in [7, 11) is 0. The van der Waals surface area contributed by atoms with Gasteiger partial charge in [0.2, 0.25) is 0 Å². The van der Waals surface area contributed by atoms with Crippen LogP contribution >= 0.6 is 0 Å². The van der Waals surface area contributed by atoms with Crippen molar-refractivity contribution in [3.63, 3.8) is 0 Å². The van der Waals surface area contributed by atoms with Gasteiger partial charge in [0, 0.05) is 31.3 Å². The van der Waals surface area contributed by atoms with E-state index in [1.165, 1.54) is 18.2 Å². The van der Waals surface area contributed by atoms with Crippen molar-refractivity contribution in [1.82, 2.24) is 19.9 Å². The van der Waals surface area contributed by atoms with Gasteiger partial charge in [-0.1, -0.05) is 13.0 Å². The summed E-state index contributed by atoms with van der Waals surface area (Å²) in [5.74, 6) is -0.670. The number of anilines is 1. The number of phenolic OH excluding ortho intramolecular Hbond substituents is 1. The summed E-state index contributed by atoms with van der Waals surface area (Å²) in [6.45, 7) is 4.42. The molecule has 0 saturated carbocycles. The number of hydrogen-bond acceptors (Lipinski definition) is 8. The van der Waals surface area contributed by atoms with Gasteiger partial charge in [0.05, 0.1) is 29.7 Å². The van der Waals surface area contributed by atoms with Crippen LogP contribution in [0.5, 0.6) is 11.8 Å². The minimum atomic E-state index is -0.906. The summed E-state index contributed by atoms with van der Waals surface area (Å²) in [5.41, 5.74) is 0.259. The number of pyridine rings is 1. The standard InChI is InChI=1S/C33H34F3N5O3/c1-2-23-26(35)7-4-18-10-21(42)11-24(27(18)23)29-28(36)30-25(13-37-29)31(41-15-22-6-5-20(41)16-43-22)39-32(38-30)44-17-33-8-3-9-40(33)14-19(34)12-33/h4,7,10-11,13,19-20,22,42H,2-3,5-6,8-9,12,14-17H2,1H3/t19-,20?,22?,33+/m1/s1. The van der Waals surface area contributed by atoms with Gasteiger partial charge in [-0.2, -0.15) is 9.97 Å². The van der Waals surface area contributed by atoms with E-state index in [9.17, 15) is 13.9 Å². The summed E-state index contributed by atoms with van der Waals surface area (Å²) in [6.07, 6.45) is 5.14. The monoisotopic (exact) mass is 605 g/mol. The van der Waals surface area contributed by atoms with Gasteiger partial charge in [-0.15, -0.1) is 0 Å². The van der Waals surface area contributed by atoms with Crippen molar-refractivity contribution in [2.45, 2.75) is 69.3 Å². The van der Waals surface area contributed by atoms with Crippen LogP contribution in [0.15, 0.2) is 30.5 Å². The highest BCUT2D eigenvalue weighted by atomic mass is 19.1. The summed E-state index contributed by atoms with van der Waals surface area (Å²) in [5, 5.41) is 12.1. The van der Waals surface area contributed by atoms with E-state index in [4.69, 9.17) is 14.5 Å². The fraction of sp³-hybridized carbons (Fsp3) is 0.485. The highest BCUT2D eigenvalue weighted by Gasteiger charge is 2.49. The van der Waals surface area contributed by atoms with Crippen molar-refractivity contribution >= 4 is 27.5 Å². The van der Waals surface area contributed by atoms with Crippen LogP contribution in [0, 0.1) is 11.6 Å². The predicted octanol–water partition coefficient (Wildman–Crippen LogP) is 5.71. The van der Waals surface area contributed by atoms with Crippen molar-refractivity contribution in [3.05, 3.63) is 47.7 Å². The number of fused-ring (bicyclic) bond motifs is 6. The lowest BCUT2D eigenvalue weighted by atomic mass is 9.94. The number of morpholine rings is 1. The van der Waals surface area contributed by atoms with E-state index in [1.54, 1.807) is 12.3 Å². The van der Waals surface area contributed by atoms with Crippen molar-refractivity contribution < 1.29 is 27.8 Å². The molecule has 2 unspecified atom stereocenters. The lowest BCUT2D eigenvalue weighted by Crippen LogP contribution is -2.55. The zero-order valence-corrected chi connectivity index (χ0v) is 24.5. The first kappa shape index (κ1) is 27.8. The Kier molecular flexibility index (Phi) is 6.60. The number of piperidine rings is 1. The molecule has 8 nitrogen and oxygen atoms in total. The van der Waals surface area contributed by atoms with E-state index in [-0.39, 0.29) is 47.3 Å². The molecule has 4 atom stereocenters. The lowest BCUT2D eigenvalue weighted by Gasteiger charge is -2.45. The summed E-state index contributed by atoms with van der Waals surface area (Å²) < 4.78 is 58.3. The van der Waals surface area contributed by atoms with Crippen LogP contribution in [0.1, 0.15) is 44.6 Å². The van der Waals surface area contributed by atoms with Crippen molar-refractivity contribution in [2.24, 2.45) is 0 Å². The number of aryl methyl sites for hydroxylation is 1. The number of phenols is 1. The van der Waals surface area contributed by atoms with E-state index in [0.717, 1.165) is 32.2 Å². The first-order valence-corrected chi connectivity index (χ1v) is 15.5. The van der Waals surface area contributed by atoms with Gasteiger partial charge >= 0.3 is 6.01 Å². The smallest absolute Gasteiger partial charge is 0.319 e. The number of nitrogens with zero attached hydrogens (tertiary/aromatic N) is 5. The first-order valence-electron chi connectivity index (χ1n) is 15.5. The van der Waals surface area contributed by atoms with Crippen LogP contribution < -0.4 is 9.64 Å². The number of ether oxygens (including phenoxy) is 2. The average molecular weight is 606 g/mol. The Hall–Kier alpha value is -3.70. The normalized spacial score (nSPS) is 26.6. The van der Waals surface area contributed by atoms with Gasteiger partial charge in [0.1, 0.15) is 41.4 Å². The SMILES string of the molecule is CCc1c(F)ccc2cc(O)cc(-c3ncc4c(N5CC6CCC5CO6)nc(OC[C@@]56CCCN5C[C@H](F)C6)nc4c3F)c12. The molecule has 2 aromatic heterocycles. The highest BCUT2D eigenvalue weighted by molar-refractivity contribution is 6.01. The van der Waals surface area contributed by atoms with Crippen LogP contribution in [0.4, 0.5) is 19.0 Å². The van der Waals surface area contributed by atoms with Crippen molar-refractivity contribution in [2.75, 3.05) is 37.7 Å². The topological polar surface area (TPSA) is 83.8 Å². The largest absolute Gasteiger partial charge is 0.508 e.